The Balaban J connectivity index is 2.18. The molecule has 0 bridgehead atoms. The van der Waals surface area contributed by atoms with Crippen LogP contribution >= 0.6 is 11.3 Å². The minimum absolute atomic E-state index is 0.169. The lowest BCUT2D eigenvalue weighted by Crippen LogP contribution is -2.09. The number of pyridine rings is 1. The molecule has 0 saturated carbocycles. The van der Waals surface area contributed by atoms with Crippen LogP contribution in [0.1, 0.15) is 15.4 Å². The number of anilines is 2. The Bertz CT molecular complexity index is 595. The van der Waals surface area contributed by atoms with E-state index in [1.54, 1.807) is 6.20 Å². The van der Waals surface area contributed by atoms with E-state index in [1.807, 2.05) is 6.92 Å². The average molecular weight is 302 g/mol. The fourth-order valence-corrected chi connectivity index (χ4v) is 2.31. The molecule has 8 heteroatoms. The maximum atomic E-state index is 12.8. The van der Waals surface area contributed by atoms with Crippen molar-refractivity contribution in [2.75, 3.05) is 17.7 Å². The molecule has 4 nitrogen and oxygen atoms in total. The number of hydrogen-bond donors (Lipinski definition) is 2. The van der Waals surface area contributed by atoms with Gasteiger partial charge in [-0.1, -0.05) is 0 Å². The van der Waals surface area contributed by atoms with Crippen molar-refractivity contribution < 1.29 is 13.2 Å². The summed E-state index contributed by atoms with van der Waals surface area (Å²) in [7, 11) is 1.53. The maximum Gasteiger partial charge on any atom is 0.416 e. The highest BCUT2D eigenvalue weighted by molar-refractivity contribution is 7.11. The minimum atomic E-state index is -4.40. The predicted molar refractivity (Wildman–Crippen MR) is 73.0 cm³/mol. The van der Waals surface area contributed by atoms with Gasteiger partial charge in [0.2, 0.25) is 0 Å². The van der Waals surface area contributed by atoms with Crippen molar-refractivity contribution in [3.8, 4) is 0 Å². The van der Waals surface area contributed by atoms with Gasteiger partial charge in [-0.2, -0.15) is 13.2 Å². The van der Waals surface area contributed by atoms with Crippen LogP contribution in [0.4, 0.5) is 24.8 Å². The summed E-state index contributed by atoms with van der Waals surface area (Å²) in [6.07, 6.45) is -2.70. The van der Waals surface area contributed by atoms with Crippen molar-refractivity contribution in [2.24, 2.45) is 0 Å². The molecular formula is C12H13F3N4S. The molecule has 2 heterocycles. The highest BCUT2D eigenvalue weighted by Gasteiger charge is 2.31. The molecule has 0 amide bonds. The number of nitrogens with zero attached hydrogens (tertiary/aromatic N) is 2. The monoisotopic (exact) mass is 302 g/mol. The number of halogens is 3. The smallest absolute Gasteiger partial charge is 0.373 e. The van der Waals surface area contributed by atoms with E-state index in [9.17, 15) is 13.2 Å². The topological polar surface area (TPSA) is 49.8 Å². The number of hydrogen-bond acceptors (Lipinski definition) is 5. The molecule has 0 aliphatic heterocycles. The molecule has 2 aromatic rings. The van der Waals surface area contributed by atoms with E-state index >= 15 is 0 Å². The zero-order valence-corrected chi connectivity index (χ0v) is 11.7. The summed E-state index contributed by atoms with van der Waals surface area (Å²) < 4.78 is 38.3. The molecule has 0 aliphatic rings. The van der Waals surface area contributed by atoms with Crippen molar-refractivity contribution in [2.45, 2.75) is 19.6 Å². The van der Waals surface area contributed by atoms with E-state index in [4.69, 9.17) is 0 Å². The summed E-state index contributed by atoms with van der Waals surface area (Å²) in [4.78, 5) is 9.07. The average Bonchev–Trinajstić information content (AvgIpc) is 2.81. The van der Waals surface area contributed by atoms with Crippen molar-refractivity contribution in [3.63, 3.8) is 0 Å². The van der Waals surface area contributed by atoms with Crippen LogP contribution in [-0.2, 0) is 12.7 Å². The zero-order chi connectivity index (χ0) is 14.8. The number of thiazole rings is 1. The van der Waals surface area contributed by atoms with Gasteiger partial charge >= 0.3 is 6.18 Å². The lowest BCUT2D eigenvalue weighted by atomic mass is 10.2. The zero-order valence-electron chi connectivity index (χ0n) is 10.9. The van der Waals surface area contributed by atoms with Crippen LogP contribution in [0.2, 0.25) is 0 Å². The van der Waals surface area contributed by atoms with Crippen molar-refractivity contribution in [3.05, 3.63) is 33.8 Å². The number of aromatic nitrogens is 2. The van der Waals surface area contributed by atoms with Crippen LogP contribution in [0.15, 0.2) is 18.3 Å². The second-order valence-electron chi connectivity index (χ2n) is 4.07. The summed E-state index contributed by atoms with van der Waals surface area (Å²) in [5, 5.41) is 6.41. The van der Waals surface area contributed by atoms with Crippen LogP contribution in [0, 0.1) is 6.92 Å². The first kappa shape index (κ1) is 14.6. The highest BCUT2D eigenvalue weighted by atomic mass is 32.1. The Hall–Kier alpha value is -1.83. The second kappa shape index (κ2) is 5.66. The summed E-state index contributed by atoms with van der Waals surface area (Å²) in [6.45, 7) is 2.26. The van der Waals surface area contributed by atoms with Crippen LogP contribution < -0.4 is 10.6 Å². The van der Waals surface area contributed by atoms with Gasteiger partial charge in [-0.25, -0.2) is 9.97 Å². The Morgan fingerprint density at radius 3 is 2.50 bits per heavy atom. The molecular weight excluding hydrogens is 289 g/mol. The van der Waals surface area contributed by atoms with E-state index in [0.717, 1.165) is 22.0 Å². The summed E-state index contributed by atoms with van der Waals surface area (Å²) in [5.74, 6) is 0.345. The van der Waals surface area contributed by atoms with Crippen molar-refractivity contribution >= 4 is 23.0 Å². The molecule has 0 fully saturated rings. The SMILES string of the molecule is CNc1cc(C(F)(F)F)cc(NCc2cnc(C)s2)n1. The van der Waals surface area contributed by atoms with Gasteiger partial charge in [0.1, 0.15) is 11.6 Å². The highest BCUT2D eigenvalue weighted by Crippen LogP contribution is 2.32. The minimum Gasteiger partial charge on any atom is -0.373 e. The number of nitrogens with one attached hydrogen (secondary N) is 2. The molecule has 0 spiro atoms. The third kappa shape index (κ3) is 3.60. The third-order valence-corrected chi connectivity index (χ3v) is 3.43. The quantitative estimate of drug-likeness (QED) is 0.907. The Labute approximate surface area is 118 Å². The summed E-state index contributed by atoms with van der Waals surface area (Å²) in [6, 6.07) is 1.97. The van der Waals surface area contributed by atoms with Gasteiger partial charge in [-0.05, 0) is 19.1 Å². The molecule has 0 aliphatic carbocycles. The van der Waals surface area contributed by atoms with Crippen LogP contribution in [0.5, 0.6) is 0 Å². The largest absolute Gasteiger partial charge is 0.416 e. The summed E-state index contributed by atoms with van der Waals surface area (Å²) >= 11 is 1.49. The Kier molecular flexibility index (Phi) is 4.12. The predicted octanol–water partition coefficient (Wildman–Crippen LogP) is 3.52. The van der Waals surface area contributed by atoms with Gasteiger partial charge in [-0.3, -0.25) is 0 Å². The lowest BCUT2D eigenvalue weighted by molar-refractivity contribution is -0.137. The maximum absolute atomic E-state index is 12.8. The molecule has 0 saturated heterocycles. The molecule has 0 atom stereocenters. The normalized spacial score (nSPS) is 11.4. The van der Waals surface area contributed by atoms with Gasteiger partial charge in [0.15, 0.2) is 0 Å². The van der Waals surface area contributed by atoms with Gasteiger partial charge in [0.25, 0.3) is 0 Å². The van der Waals surface area contributed by atoms with E-state index in [-0.39, 0.29) is 11.6 Å². The Morgan fingerprint density at radius 1 is 1.25 bits per heavy atom. The molecule has 0 radical (unpaired) electrons. The van der Waals surface area contributed by atoms with Gasteiger partial charge in [0.05, 0.1) is 17.1 Å². The first-order valence-corrected chi connectivity index (χ1v) is 6.62. The lowest BCUT2D eigenvalue weighted by Gasteiger charge is -2.12. The van der Waals surface area contributed by atoms with Crippen molar-refractivity contribution in [1.29, 1.82) is 0 Å². The standard InChI is InChI=1S/C12H13F3N4S/c1-7-17-5-9(20-7)6-18-11-4-8(12(13,14)15)3-10(16-2)19-11/h3-5H,6H2,1-2H3,(H2,16,18,19). The van der Waals surface area contributed by atoms with E-state index in [1.165, 1.54) is 18.4 Å². The van der Waals surface area contributed by atoms with Gasteiger partial charge < -0.3 is 10.6 Å². The number of aryl methyl sites for hydroxylation is 1. The van der Waals surface area contributed by atoms with Crippen LogP contribution in [0.25, 0.3) is 0 Å². The molecule has 2 N–H and O–H groups in total. The molecule has 20 heavy (non-hydrogen) atoms. The molecule has 2 rings (SSSR count). The van der Waals surface area contributed by atoms with Crippen LogP contribution in [-0.4, -0.2) is 17.0 Å². The summed E-state index contributed by atoms with van der Waals surface area (Å²) in [5.41, 5.74) is -0.736. The first-order chi connectivity index (χ1) is 9.38. The number of rotatable bonds is 4. The van der Waals surface area contributed by atoms with E-state index in [0.29, 0.717) is 6.54 Å². The number of alkyl halides is 3. The second-order valence-corrected chi connectivity index (χ2v) is 5.39. The van der Waals surface area contributed by atoms with E-state index in [2.05, 4.69) is 20.6 Å². The van der Waals surface area contributed by atoms with Crippen molar-refractivity contribution in [1.82, 2.24) is 9.97 Å². The fourth-order valence-electron chi connectivity index (χ4n) is 1.58. The molecule has 108 valence electrons. The fraction of sp³-hybridized carbons (Fsp3) is 0.333. The molecule has 0 unspecified atom stereocenters. The third-order valence-electron chi connectivity index (χ3n) is 2.52. The van der Waals surface area contributed by atoms with Gasteiger partial charge in [-0.15, -0.1) is 11.3 Å². The molecule has 2 aromatic heterocycles. The Morgan fingerprint density at radius 2 is 1.95 bits per heavy atom. The first-order valence-electron chi connectivity index (χ1n) is 5.80. The molecule has 0 aromatic carbocycles. The van der Waals surface area contributed by atoms with E-state index < -0.39 is 11.7 Å². The van der Waals surface area contributed by atoms with Gasteiger partial charge in [0, 0.05) is 18.1 Å². The van der Waals surface area contributed by atoms with Crippen LogP contribution in [0.3, 0.4) is 0 Å².